The first-order chi connectivity index (χ1) is 18.2. The number of aromatic nitrogens is 3. The lowest BCUT2D eigenvalue weighted by molar-refractivity contribution is 0.122. The first-order valence-corrected chi connectivity index (χ1v) is 13.4. The number of benzene rings is 1. The Labute approximate surface area is 219 Å². The molecule has 2 fully saturated rings. The van der Waals surface area contributed by atoms with Gasteiger partial charge in [0, 0.05) is 68.8 Å². The van der Waals surface area contributed by atoms with Gasteiger partial charge in [-0.05, 0) is 36.7 Å². The second-order valence-electron chi connectivity index (χ2n) is 9.84. The molecule has 0 saturated carbocycles. The van der Waals surface area contributed by atoms with Crippen molar-refractivity contribution in [1.29, 1.82) is 0 Å². The second kappa shape index (κ2) is 10.5. The zero-order valence-electron chi connectivity index (χ0n) is 21.6. The summed E-state index contributed by atoms with van der Waals surface area (Å²) >= 11 is 0. The highest BCUT2D eigenvalue weighted by molar-refractivity contribution is 5.78. The van der Waals surface area contributed by atoms with Crippen molar-refractivity contribution >= 4 is 23.2 Å². The van der Waals surface area contributed by atoms with Crippen LogP contribution in [0.2, 0.25) is 0 Å². The van der Waals surface area contributed by atoms with Crippen molar-refractivity contribution in [2.45, 2.75) is 13.3 Å². The lowest BCUT2D eigenvalue weighted by atomic mass is 10.0. The predicted molar refractivity (Wildman–Crippen MR) is 148 cm³/mol. The van der Waals surface area contributed by atoms with Crippen LogP contribution in [0.5, 0.6) is 0 Å². The summed E-state index contributed by atoms with van der Waals surface area (Å²) in [6.07, 6.45) is 4.62. The summed E-state index contributed by atoms with van der Waals surface area (Å²) in [5, 5.41) is 0. The molecule has 3 aliphatic heterocycles. The van der Waals surface area contributed by atoms with Crippen LogP contribution in [0.15, 0.2) is 55.4 Å². The Hall–Kier alpha value is -3.49. The van der Waals surface area contributed by atoms with Crippen LogP contribution < -0.4 is 9.80 Å². The second-order valence-corrected chi connectivity index (χ2v) is 9.84. The van der Waals surface area contributed by atoms with Gasteiger partial charge >= 0.3 is 0 Å². The number of likely N-dealkylation sites (N-methyl/N-ethyl adjacent to an activating group) is 1. The monoisotopic (exact) mass is 497 g/mol. The molecule has 2 aromatic heterocycles. The molecule has 0 bridgehead atoms. The Kier molecular flexibility index (Phi) is 6.76. The highest BCUT2D eigenvalue weighted by Crippen LogP contribution is 2.39. The van der Waals surface area contributed by atoms with Crippen LogP contribution >= 0.6 is 0 Å². The van der Waals surface area contributed by atoms with Gasteiger partial charge in [0.15, 0.2) is 0 Å². The molecule has 0 radical (unpaired) electrons. The van der Waals surface area contributed by atoms with Crippen molar-refractivity contribution in [3.8, 4) is 11.3 Å². The third-order valence-electron chi connectivity index (χ3n) is 7.74. The van der Waals surface area contributed by atoms with Crippen molar-refractivity contribution in [3.63, 3.8) is 0 Å². The summed E-state index contributed by atoms with van der Waals surface area (Å²) in [4.78, 5) is 24.0. The fourth-order valence-electron chi connectivity index (χ4n) is 5.51. The fourth-order valence-corrected chi connectivity index (χ4v) is 5.51. The van der Waals surface area contributed by atoms with Gasteiger partial charge in [0.1, 0.15) is 5.82 Å². The Bertz CT molecular complexity index is 1250. The number of ether oxygens (including phenoxy) is 1. The minimum atomic E-state index is 0.697. The Morgan fingerprint density at radius 1 is 0.973 bits per heavy atom. The van der Waals surface area contributed by atoms with Gasteiger partial charge in [0.25, 0.3) is 0 Å². The van der Waals surface area contributed by atoms with Crippen LogP contribution in [0.25, 0.3) is 17.0 Å². The zero-order valence-corrected chi connectivity index (χ0v) is 21.6. The largest absolute Gasteiger partial charge is 0.378 e. The van der Waals surface area contributed by atoms with Gasteiger partial charge in [0.05, 0.1) is 30.8 Å². The molecule has 3 aliphatic rings. The van der Waals surface area contributed by atoms with Crippen LogP contribution in [0.4, 0.5) is 17.5 Å². The van der Waals surface area contributed by atoms with E-state index in [1.807, 2.05) is 18.5 Å². The zero-order chi connectivity index (χ0) is 25.2. The summed E-state index contributed by atoms with van der Waals surface area (Å²) in [6, 6.07) is 12.8. The van der Waals surface area contributed by atoms with Gasteiger partial charge < -0.3 is 24.3 Å². The SMILES string of the molecule is C=C(c1cccc(-c2nc(N3CCOCC3)nc3c2CCN3c2cccnc2)c1)N1CCN(CC)CC1. The maximum Gasteiger partial charge on any atom is 0.228 e. The first-order valence-electron chi connectivity index (χ1n) is 13.4. The fraction of sp³-hybridized carbons (Fsp3) is 0.414. The summed E-state index contributed by atoms with van der Waals surface area (Å²) < 4.78 is 5.60. The summed E-state index contributed by atoms with van der Waals surface area (Å²) in [7, 11) is 0. The first kappa shape index (κ1) is 23.9. The molecular weight excluding hydrogens is 462 g/mol. The van der Waals surface area contributed by atoms with E-state index in [0.717, 1.165) is 98.8 Å². The molecule has 0 aliphatic carbocycles. The average Bonchev–Trinajstić information content (AvgIpc) is 3.41. The molecule has 0 unspecified atom stereocenters. The number of anilines is 3. The number of hydrogen-bond donors (Lipinski definition) is 0. The Morgan fingerprint density at radius 3 is 2.57 bits per heavy atom. The van der Waals surface area contributed by atoms with E-state index in [-0.39, 0.29) is 0 Å². The maximum atomic E-state index is 5.60. The normalized spacial score (nSPS) is 18.2. The van der Waals surface area contributed by atoms with Crippen LogP contribution in [0.3, 0.4) is 0 Å². The lowest BCUT2D eigenvalue weighted by Gasteiger charge is -2.36. The highest BCUT2D eigenvalue weighted by atomic mass is 16.5. The van der Waals surface area contributed by atoms with Crippen molar-refractivity contribution < 1.29 is 4.74 Å². The van der Waals surface area contributed by atoms with E-state index in [1.165, 1.54) is 5.56 Å². The summed E-state index contributed by atoms with van der Waals surface area (Å²) in [5.41, 5.74) is 6.64. The maximum absolute atomic E-state index is 5.60. The van der Waals surface area contributed by atoms with Crippen LogP contribution in [-0.2, 0) is 11.2 Å². The summed E-state index contributed by atoms with van der Waals surface area (Å²) in [6.45, 7) is 15.9. The number of hydrogen-bond acceptors (Lipinski definition) is 8. The van der Waals surface area contributed by atoms with E-state index in [9.17, 15) is 0 Å². The average molecular weight is 498 g/mol. The standard InChI is InChI=1S/C29H35N7O/c1-3-33-12-14-34(15-13-33)22(2)23-6-4-7-24(20-23)27-26-9-11-36(25-8-5-10-30-21-25)28(26)32-29(31-27)35-16-18-37-19-17-35/h4-8,10,20-21H,2-3,9,11-19H2,1H3. The Morgan fingerprint density at radius 2 is 1.81 bits per heavy atom. The Balaban J connectivity index is 1.37. The van der Waals surface area contributed by atoms with Gasteiger partial charge in [-0.15, -0.1) is 0 Å². The quantitative estimate of drug-likeness (QED) is 0.511. The number of morpholine rings is 1. The molecule has 37 heavy (non-hydrogen) atoms. The number of pyridine rings is 1. The minimum absolute atomic E-state index is 0.697. The van der Waals surface area contributed by atoms with Crippen molar-refractivity contribution in [1.82, 2.24) is 24.8 Å². The lowest BCUT2D eigenvalue weighted by Crippen LogP contribution is -2.44. The van der Waals surface area contributed by atoms with Crippen LogP contribution in [0, 0.1) is 0 Å². The van der Waals surface area contributed by atoms with E-state index in [1.54, 1.807) is 0 Å². The van der Waals surface area contributed by atoms with E-state index in [2.05, 4.69) is 68.4 Å². The minimum Gasteiger partial charge on any atom is -0.378 e. The molecule has 0 atom stereocenters. The molecule has 1 aromatic carbocycles. The molecule has 0 spiro atoms. The van der Waals surface area contributed by atoms with E-state index < -0.39 is 0 Å². The van der Waals surface area contributed by atoms with Crippen molar-refractivity contribution in [3.05, 3.63) is 66.5 Å². The number of nitrogens with zero attached hydrogens (tertiary/aromatic N) is 7. The molecule has 3 aromatic rings. The van der Waals surface area contributed by atoms with Gasteiger partial charge in [-0.1, -0.05) is 31.7 Å². The smallest absolute Gasteiger partial charge is 0.228 e. The van der Waals surface area contributed by atoms with Gasteiger partial charge in [-0.2, -0.15) is 4.98 Å². The molecule has 5 heterocycles. The topological polar surface area (TPSA) is 60.9 Å². The molecule has 6 rings (SSSR count). The van der Waals surface area contributed by atoms with Crippen LogP contribution in [0.1, 0.15) is 18.1 Å². The molecule has 2 saturated heterocycles. The number of piperazine rings is 1. The predicted octanol–water partition coefficient (Wildman–Crippen LogP) is 3.68. The highest BCUT2D eigenvalue weighted by Gasteiger charge is 2.29. The molecule has 192 valence electrons. The van der Waals surface area contributed by atoms with Crippen molar-refractivity contribution in [2.24, 2.45) is 0 Å². The molecule has 8 nitrogen and oxygen atoms in total. The van der Waals surface area contributed by atoms with Gasteiger partial charge in [-0.25, -0.2) is 4.98 Å². The van der Waals surface area contributed by atoms with E-state index in [4.69, 9.17) is 14.7 Å². The van der Waals surface area contributed by atoms with Gasteiger partial charge in [-0.3, -0.25) is 4.98 Å². The molecule has 8 heteroatoms. The molecule has 0 amide bonds. The molecule has 0 N–H and O–H groups in total. The third-order valence-corrected chi connectivity index (χ3v) is 7.74. The third kappa shape index (κ3) is 4.79. The van der Waals surface area contributed by atoms with Crippen LogP contribution in [-0.4, -0.2) is 90.3 Å². The number of rotatable bonds is 6. The van der Waals surface area contributed by atoms with E-state index >= 15 is 0 Å². The van der Waals surface area contributed by atoms with E-state index in [0.29, 0.717) is 13.2 Å². The number of fused-ring (bicyclic) bond motifs is 1. The summed E-state index contributed by atoms with van der Waals surface area (Å²) in [5.74, 6) is 1.76. The van der Waals surface area contributed by atoms with Crippen molar-refractivity contribution in [2.75, 3.05) is 75.4 Å². The molecular formula is C29H35N7O. The van der Waals surface area contributed by atoms with Gasteiger partial charge in [0.2, 0.25) is 5.95 Å².